The molecule has 2 heterocycles. The molecule has 0 saturated carbocycles. The summed E-state index contributed by atoms with van der Waals surface area (Å²) in [5.74, 6) is 0.535. The summed E-state index contributed by atoms with van der Waals surface area (Å²) in [6.45, 7) is 9.39. The Morgan fingerprint density at radius 3 is 2.67 bits per heavy atom. The van der Waals surface area contributed by atoms with Gasteiger partial charge in [0.05, 0.1) is 23.2 Å². The van der Waals surface area contributed by atoms with Crippen LogP contribution in [-0.4, -0.2) is 42.3 Å². The van der Waals surface area contributed by atoms with E-state index in [1.165, 1.54) is 5.56 Å². The van der Waals surface area contributed by atoms with Gasteiger partial charge in [-0.15, -0.1) is 0 Å². The van der Waals surface area contributed by atoms with Crippen molar-refractivity contribution in [1.29, 1.82) is 0 Å². The topological polar surface area (TPSA) is 64.0 Å². The Morgan fingerprint density at radius 2 is 2.10 bits per heavy atom. The Balaban J connectivity index is 2.04. The molecule has 1 fully saturated rings. The van der Waals surface area contributed by atoms with Gasteiger partial charge in [0.25, 0.3) is 0 Å². The van der Waals surface area contributed by atoms with Gasteiger partial charge in [0.1, 0.15) is 0 Å². The van der Waals surface area contributed by atoms with Crippen LogP contribution in [-0.2, 0) is 16.3 Å². The van der Waals surface area contributed by atoms with Gasteiger partial charge in [-0.1, -0.05) is 13.8 Å². The summed E-state index contributed by atoms with van der Waals surface area (Å²) in [7, 11) is -2.87. The monoisotopic (exact) mass is 313 g/mol. The maximum atomic E-state index is 11.6. The first kappa shape index (κ1) is 16.5. The fourth-order valence-electron chi connectivity index (χ4n) is 3.04. The summed E-state index contributed by atoms with van der Waals surface area (Å²) in [6, 6.07) is 0.537. The van der Waals surface area contributed by atoms with Crippen LogP contribution in [0.5, 0.6) is 0 Å². The average Bonchev–Trinajstić information content (AvgIpc) is 2.87. The van der Waals surface area contributed by atoms with E-state index in [0.29, 0.717) is 18.2 Å². The van der Waals surface area contributed by atoms with Crippen LogP contribution in [0.2, 0.25) is 0 Å². The predicted molar refractivity (Wildman–Crippen MR) is 85.5 cm³/mol. The molecule has 0 spiro atoms. The fourth-order valence-corrected chi connectivity index (χ4v) is 4.73. The lowest BCUT2D eigenvalue weighted by Gasteiger charge is -2.12. The molecule has 0 radical (unpaired) electrons. The lowest BCUT2D eigenvalue weighted by Crippen LogP contribution is -2.24. The van der Waals surface area contributed by atoms with Crippen LogP contribution in [0.3, 0.4) is 0 Å². The zero-order chi connectivity index (χ0) is 15.6. The highest BCUT2D eigenvalue weighted by atomic mass is 32.2. The molecule has 21 heavy (non-hydrogen) atoms. The van der Waals surface area contributed by atoms with Gasteiger partial charge >= 0.3 is 0 Å². The Labute approximate surface area is 128 Å². The number of hydrogen-bond donors (Lipinski definition) is 1. The van der Waals surface area contributed by atoms with Crippen molar-refractivity contribution in [3.8, 4) is 0 Å². The van der Waals surface area contributed by atoms with E-state index >= 15 is 0 Å². The molecule has 1 N–H and O–H groups in total. The van der Waals surface area contributed by atoms with Crippen molar-refractivity contribution in [2.24, 2.45) is 0 Å². The molecule has 1 aromatic rings. The first-order valence-electron chi connectivity index (χ1n) is 7.78. The second-order valence-electron chi connectivity index (χ2n) is 6.36. The van der Waals surface area contributed by atoms with Crippen LogP contribution in [0.15, 0.2) is 0 Å². The first-order valence-corrected chi connectivity index (χ1v) is 9.60. The average molecular weight is 313 g/mol. The largest absolute Gasteiger partial charge is 0.315 e. The van der Waals surface area contributed by atoms with Gasteiger partial charge in [0, 0.05) is 11.7 Å². The highest BCUT2D eigenvalue weighted by Gasteiger charge is 2.31. The van der Waals surface area contributed by atoms with Gasteiger partial charge in [-0.25, -0.2) is 8.42 Å². The number of sulfone groups is 1. The Hall–Kier alpha value is -0.880. The van der Waals surface area contributed by atoms with Crippen molar-refractivity contribution < 1.29 is 8.42 Å². The van der Waals surface area contributed by atoms with E-state index < -0.39 is 9.84 Å². The summed E-state index contributed by atoms with van der Waals surface area (Å²) >= 11 is 0. The van der Waals surface area contributed by atoms with Gasteiger partial charge in [-0.05, 0) is 45.2 Å². The maximum Gasteiger partial charge on any atom is 0.152 e. The molecule has 0 aliphatic carbocycles. The molecule has 1 unspecified atom stereocenters. The molecule has 1 aromatic heterocycles. The van der Waals surface area contributed by atoms with Gasteiger partial charge in [-0.3, -0.25) is 4.68 Å². The van der Waals surface area contributed by atoms with Crippen LogP contribution in [0.25, 0.3) is 0 Å². The summed E-state index contributed by atoms with van der Waals surface area (Å²) in [5, 5.41) is 8.02. The Bertz CT molecular complexity index is 590. The molecular formula is C15H27N3O2S. The molecule has 1 aliphatic heterocycles. The van der Waals surface area contributed by atoms with E-state index in [1.807, 2.05) is 11.6 Å². The highest BCUT2D eigenvalue weighted by Crippen LogP contribution is 2.27. The van der Waals surface area contributed by atoms with E-state index in [-0.39, 0.29) is 11.8 Å². The quantitative estimate of drug-likeness (QED) is 0.813. The molecule has 0 amide bonds. The minimum atomic E-state index is -2.87. The van der Waals surface area contributed by atoms with Crippen LogP contribution in [0.4, 0.5) is 0 Å². The molecule has 1 saturated heterocycles. The van der Waals surface area contributed by atoms with Gasteiger partial charge in [0.15, 0.2) is 9.84 Å². The third-order valence-corrected chi connectivity index (χ3v) is 5.94. The summed E-state index contributed by atoms with van der Waals surface area (Å²) < 4.78 is 25.2. The van der Waals surface area contributed by atoms with E-state index in [0.717, 1.165) is 30.8 Å². The third kappa shape index (κ3) is 4.07. The molecule has 0 aromatic carbocycles. The van der Waals surface area contributed by atoms with Crippen molar-refractivity contribution >= 4 is 9.84 Å². The normalized spacial score (nSPS) is 21.3. The van der Waals surface area contributed by atoms with Gasteiger partial charge in [0.2, 0.25) is 0 Å². The van der Waals surface area contributed by atoms with Crippen molar-refractivity contribution in [1.82, 2.24) is 15.1 Å². The van der Waals surface area contributed by atoms with E-state index in [4.69, 9.17) is 0 Å². The van der Waals surface area contributed by atoms with Gasteiger partial charge < -0.3 is 5.32 Å². The third-order valence-electron chi connectivity index (χ3n) is 4.19. The minimum absolute atomic E-state index is 0.0243. The first-order chi connectivity index (χ1) is 9.80. The lowest BCUT2D eigenvalue weighted by molar-refractivity contribution is 0.485. The van der Waals surface area contributed by atoms with Crippen molar-refractivity contribution in [3.05, 3.63) is 17.0 Å². The molecule has 120 valence electrons. The number of nitrogens with one attached hydrogen (secondary N) is 1. The second kappa shape index (κ2) is 6.48. The molecule has 1 aliphatic rings. The van der Waals surface area contributed by atoms with Crippen molar-refractivity contribution in [2.45, 2.75) is 59.0 Å². The van der Waals surface area contributed by atoms with Crippen molar-refractivity contribution in [2.75, 3.05) is 18.1 Å². The molecule has 2 rings (SSSR count). The molecule has 0 bridgehead atoms. The molecule has 6 heteroatoms. The standard InChI is InChI=1S/C15H27N3O2S/c1-11(2)16-8-5-6-15-12(3)17-18(13(15)4)14-7-9-21(19,20)10-14/h11,14,16H,5-10H2,1-4H3. The zero-order valence-corrected chi connectivity index (χ0v) is 14.3. The summed E-state index contributed by atoms with van der Waals surface area (Å²) in [4.78, 5) is 0. The molecular weight excluding hydrogens is 286 g/mol. The van der Waals surface area contributed by atoms with Crippen LogP contribution in [0.1, 0.15) is 49.7 Å². The predicted octanol–water partition coefficient (Wildman–Crippen LogP) is 1.79. The number of nitrogens with zero attached hydrogens (tertiary/aromatic N) is 2. The lowest BCUT2D eigenvalue weighted by atomic mass is 10.1. The maximum absolute atomic E-state index is 11.6. The van der Waals surface area contributed by atoms with E-state index in [9.17, 15) is 8.42 Å². The minimum Gasteiger partial charge on any atom is -0.315 e. The molecule has 1 atom stereocenters. The fraction of sp³-hybridized carbons (Fsp3) is 0.800. The Kier molecular flexibility index (Phi) is 5.09. The number of aryl methyl sites for hydroxylation is 1. The van der Waals surface area contributed by atoms with Crippen LogP contribution in [0, 0.1) is 13.8 Å². The number of rotatable bonds is 6. The van der Waals surface area contributed by atoms with Crippen LogP contribution >= 0.6 is 0 Å². The van der Waals surface area contributed by atoms with E-state index in [1.54, 1.807) is 0 Å². The Morgan fingerprint density at radius 1 is 1.38 bits per heavy atom. The SMILES string of the molecule is Cc1nn(C2CCS(=O)(=O)C2)c(C)c1CCCNC(C)C. The van der Waals surface area contributed by atoms with Crippen LogP contribution < -0.4 is 5.32 Å². The highest BCUT2D eigenvalue weighted by molar-refractivity contribution is 7.91. The number of aromatic nitrogens is 2. The second-order valence-corrected chi connectivity index (χ2v) is 8.59. The number of hydrogen-bond acceptors (Lipinski definition) is 4. The van der Waals surface area contributed by atoms with E-state index in [2.05, 4.69) is 31.2 Å². The molecule has 5 nitrogen and oxygen atoms in total. The van der Waals surface area contributed by atoms with Gasteiger partial charge in [-0.2, -0.15) is 5.10 Å². The smallest absolute Gasteiger partial charge is 0.152 e. The van der Waals surface area contributed by atoms with Crippen molar-refractivity contribution in [3.63, 3.8) is 0 Å². The summed E-state index contributed by atoms with van der Waals surface area (Å²) in [6.07, 6.45) is 2.77. The summed E-state index contributed by atoms with van der Waals surface area (Å²) in [5.41, 5.74) is 3.46. The zero-order valence-electron chi connectivity index (χ0n) is 13.5.